The second kappa shape index (κ2) is 9.42. The topological polar surface area (TPSA) is 101 Å². The van der Waals surface area contributed by atoms with E-state index in [9.17, 15) is 18.4 Å². The molecule has 0 saturated heterocycles. The number of nitrogens with two attached hydrogens (primary N) is 1. The van der Waals surface area contributed by atoms with Gasteiger partial charge in [0.15, 0.2) is 0 Å². The number of nitrogens with zero attached hydrogens (tertiary/aromatic N) is 1. The summed E-state index contributed by atoms with van der Waals surface area (Å²) >= 11 is 0. The van der Waals surface area contributed by atoms with Crippen LogP contribution in [-0.2, 0) is 9.47 Å². The van der Waals surface area contributed by atoms with Gasteiger partial charge in [-0.15, -0.1) is 0 Å². The number of aryl methyl sites for hydroxylation is 1. The number of alkyl halides is 2. The second-order valence-electron chi connectivity index (χ2n) is 6.08. The summed E-state index contributed by atoms with van der Waals surface area (Å²) < 4.78 is 40.3. The predicted molar refractivity (Wildman–Crippen MR) is 101 cm³/mol. The zero-order chi connectivity index (χ0) is 21.7. The molecule has 9 heteroatoms. The molecule has 0 aliphatic carbocycles. The van der Waals surface area contributed by atoms with Gasteiger partial charge >= 0.3 is 18.6 Å². The Balaban J connectivity index is 3.03. The molecule has 2 aromatic rings. The maximum Gasteiger partial charge on any atom is 0.387 e. The predicted octanol–water partition coefficient (Wildman–Crippen LogP) is 3.64. The van der Waals surface area contributed by atoms with E-state index in [1.165, 1.54) is 18.2 Å². The number of hydrogen-bond acceptors (Lipinski definition) is 7. The van der Waals surface area contributed by atoms with Gasteiger partial charge in [-0.1, -0.05) is 25.1 Å². The lowest BCUT2D eigenvalue weighted by Gasteiger charge is -2.22. The number of pyridine rings is 1. The zero-order valence-electron chi connectivity index (χ0n) is 16.5. The van der Waals surface area contributed by atoms with Crippen LogP contribution in [0.15, 0.2) is 24.3 Å². The molecule has 0 radical (unpaired) electrons. The molecule has 0 aliphatic heterocycles. The van der Waals surface area contributed by atoms with Crippen molar-refractivity contribution in [1.82, 2.24) is 4.98 Å². The Bertz CT molecular complexity index is 918. The molecule has 1 aromatic heterocycles. The molecule has 0 aliphatic rings. The molecule has 7 nitrogen and oxygen atoms in total. The first-order valence-electron chi connectivity index (χ1n) is 8.77. The SMILES string of the molecule is CCC(N)c1nc(C)c(C(=O)OC)c(-c2ccccc2OC(F)F)c1C(=O)OC. The molecule has 0 fully saturated rings. The lowest BCUT2D eigenvalue weighted by Crippen LogP contribution is -2.22. The number of ether oxygens (including phenoxy) is 3. The van der Waals surface area contributed by atoms with E-state index >= 15 is 0 Å². The standard InChI is InChI=1S/C20H22F2N2O5/c1-5-12(23)17-16(19(26)28-4)15(14(10(2)24-17)18(25)27-3)11-8-6-7-9-13(11)29-20(21)22/h6-9,12,20H,5,23H2,1-4H3. The van der Waals surface area contributed by atoms with E-state index in [1.54, 1.807) is 19.9 Å². The van der Waals surface area contributed by atoms with Gasteiger partial charge in [0, 0.05) is 17.2 Å². The third kappa shape index (κ3) is 4.51. The van der Waals surface area contributed by atoms with E-state index in [0.717, 1.165) is 14.2 Å². The molecule has 29 heavy (non-hydrogen) atoms. The molecule has 156 valence electrons. The minimum atomic E-state index is -3.11. The van der Waals surface area contributed by atoms with Gasteiger partial charge in [-0.05, 0) is 19.4 Å². The van der Waals surface area contributed by atoms with Crippen LogP contribution in [-0.4, -0.2) is 37.8 Å². The molecule has 1 heterocycles. The number of hydrogen-bond donors (Lipinski definition) is 1. The van der Waals surface area contributed by atoms with Gasteiger partial charge in [0.05, 0.1) is 36.7 Å². The maximum absolute atomic E-state index is 13.0. The summed E-state index contributed by atoms with van der Waals surface area (Å²) in [6.45, 7) is 0.226. The van der Waals surface area contributed by atoms with E-state index in [2.05, 4.69) is 9.72 Å². The summed E-state index contributed by atoms with van der Waals surface area (Å²) in [7, 11) is 2.32. The van der Waals surface area contributed by atoms with Crippen molar-refractivity contribution in [3.8, 4) is 16.9 Å². The van der Waals surface area contributed by atoms with Crippen LogP contribution in [0.3, 0.4) is 0 Å². The fourth-order valence-corrected chi connectivity index (χ4v) is 2.99. The van der Waals surface area contributed by atoms with Crippen molar-refractivity contribution in [3.63, 3.8) is 0 Å². The van der Waals surface area contributed by atoms with Crippen LogP contribution in [0.2, 0.25) is 0 Å². The van der Waals surface area contributed by atoms with Crippen molar-refractivity contribution in [3.05, 3.63) is 46.8 Å². The first kappa shape index (κ1) is 22.2. The highest BCUT2D eigenvalue weighted by molar-refractivity contribution is 6.08. The smallest absolute Gasteiger partial charge is 0.387 e. The summed E-state index contributed by atoms with van der Waals surface area (Å²) in [5.74, 6) is -1.83. The molecule has 0 amide bonds. The highest BCUT2D eigenvalue weighted by Crippen LogP contribution is 2.39. The number of benzene rings is 1. The van der Waals surface area contributed by atoms with Crippen LogP contribution >= 0.6 is 0 Å². The number of carbonyl (C=O) groups is 2. The van der Waals surface area contributed by atoms with Crippen molar-refractivity contribution >= 4 is 11.9 Å². The number of aromatic nitrogens is 1. The Hall–Kier alpha value is -3.07. The average Bonchev–Trinajstić information content (AvgIpc) is 2.71. The molecule has 2 rings (SSSR count). The second-order valence-corrected chi connectivity index (χ2v) is 6.08. The van der Waals surface area contributed by atoms with Gasteiger partial charge in [-0.2, -0.15) is 8.78 Å². The van der Waals surface area contributed by atoms with Crippen LogP contribution in [0.1, 0.15) is 51.5 Å². The van der Waals surface area contributed by atoms with Crippen LogP contribution in [0, 0.1) is 6.92 Å². The number of methoxy groups -OCH3 is 2. The third-order valence-electron chi connectivity index (χ3n) is 4.35. The van der Waals surface area contributed by atoms with Gasteiger partial charge in [0.25, 0.3) is 0 Å². The largest absolute Gasteiger partial charge is 0.465 e. The van der Waals surface area contributed by atoms with E-state index in [-0.39, 0.29) is 39.4 Å². The molecule has 0 bridgehead atoms. The highest BCUT2D eigenvalue weighted by atomic mass is 19.3. The van der Waals surface area contributed by atoms with Gasteiger partial charge in [-0.25, -0.2) is 9.59 Å². The van der Waals surface area contributed by atoms with Crippen molar-refractivity contribution in [1.29, 1.82) is 0 Å². The molecule has 1 aromatic carbocycles. The van der Waals surface area contributed by atoms with E-state index in [1.807, 2.05) is 0 Å². The van der Waals surface area contributed by atoms with Crippen LogP contribution in [0.25, 0.3) is 11.1 Å². The quantitative estimate of drug-likeness (QED) is 0.698. The van der Waals surface area contributed by atoms with Gasteiger partial charge in [0.2, 0.25) is 0 Å². The summed E-state index contributed by atoms with van der Waals surface area (Å²) in [6.07, 6.45) is 0.433. The molecule has 1 unspecified atom stereocenters. The molecular formula is C20H22F2N2O5. The maximum atomic E-state index is 13.0. The molecule has 0 saturated carbocycles. The number of esters is 2. The molecule has 1 atom stereocenters. The van der Waals surface area contributed by atoms with Crippen molar-refractivity contribution in [2.75, 3.05) is 14.2 Å². The number of para-hydroxylation sites is 1. The van der Waals surface area contributed by atoms with Crippen LogP contribution < -0.4 is 10.5 Å². The van der Waals surface area contributed by atoms with Gasteiger partial charge < -0.3 is 19.9 Å². The summed E-state index contributed by atoms with van der Waals surface area (Å²) in [5.41, 5.74) is 6.50. The lowest BCUT2D eigenvalue weighted by atomic mass is 9.89. The summed E-state index contributed by atoms with van der Waals surface area (Å²) in [4.78, 5) is 29.6. The Morgan fingerprint density at radius 2 is 1.69 bits per heavy atom. The fraction of sp³-hybridized carbons (Fsp3) is 0.350. The Morgan fingerprint density at radius 3 is 2.24 bits per heavy atom. The Labute approximate surface area is 166 Å². The number of rotatable bonds is 7. The molecular weight excluding hydrogens is 386 g/mol. The van der Waals surface area contributed by atoms with E-state index < -0.39 is 24.6 Å². The van der Waals surface area contributed by atoms with Crippen molar-refractivity contribution < 1.29 is 32.6 Å². The summed E-state index contributed by atoms with van der Waals surface area (Å²) in [5, 5.41) is 0. The first-order chi connectivity index (χ1) is 13.8. The zero-order valence-corrected chi connectivity index (χ0v) is 16.5. The van der Waals surface area contributed by atoms with Crippen molar-refractivity contribution in [2.45, 2.75) is 32.9 Å². The Kier molecular flexibility index (Phi) is 7.22. The van der Waals surface area contributed by atoms with Crippen LogP contribution in [0.5, 0.6) is 5.75 Å². The van der Waals surface area contributed by atoms with Gasteiger partial charge in [0.1, 0.15) is 5.75 Å². The first-order valence-corrected chi connectivity index (χ1v) is 8.77. The van der Waals surface area contributed by atoms with E-state index in [4.69, 9.17) is 15.2 Å². The molecule has 0 spiro atoms. The highest BCUT2D eigenvalue weighted by Gasteiger charge is 2.31. The normalized spacial score (nSPS) is 11.9. The van der Waals surface area contributed by atoms with Gasteiger partial charge in [-0.3, -0.25) is 4.98 Å². The number of carbonyl (C=O) groups excluding carboxylic acids is 2. The minimum Gasteiger partial charge on any atom is -0.465 e. The molecule has 2 N–H and O–H groups in total. The monoisotopic (exact) mass is 408 g/mol. The minimum absolute atomic E-state index is 0.0198. The fourth-order valence-electron chi connectivity index (χ4n) is 2.99. The Morgan fingerprint density at radius 1 is 1.10 bits per heavy atom. The lowest BCUT2D eigenvalue weighted by molar-refractivity contribution is -0.0494. The average molecular weight is 408 g/mol. The third-order valence-corrected chi connectivity index (χ3v) is 4.35. The number of halogens is 2. The van der Waals surface area contributed by atoms with Crippen LogP contribution in [0.4, 0.5) is 8.78 Å². The van der Waals surface area contributed by atoms with E-state index in [0.29, 0.717) is 6.42 Å². The van der Waals surface area contributed by atoms with Crippen molar-refractivity contribution in [2.24, 2.45) is 5.73 Å². The summed E-state index contributed by atoms with van der Waals surface area (Å²) in [6, 6.07) is 5.15.